The molecule has 5 heteroatoms. The van der Waals surface area contributed by atoms with Gasteiger partial charge in [0.25, 0.3) is 5.91 Å². The molecule has 1 saturated heterocycles. The van der Waals surface area contributed by atoms with Crippen LogP contribution < -0.4 is 5.32 Å². The molecule has 0 bridgehead atoms. The fraction of sp³-hybridized carbons (Fsp3) is 0.364. The van der Waals surface area contributed by atoms with E-state index in [1.54, 1.807) is 6.07 Å². The maximum atomic E-state index is 12.0. The molecule has 0 saturated carbocycles. The van der Waals surface area contributed by atoms with Crippen LogP contribution in [0.15, 0.2) is 27.1 Å². The van der Waals surface area contributed by atoms with Crippen LogP contribution in [-0.4, -0.2) is 25.2 Å². The molecule has 1 N–H and O–H groups in total. The first-order valence-electron chi connectivity index (χ1n) is 5.00. The molecule has 3 nitrogen and oxygen atoms in total. The quantitative estimate of drug-likeness (QED) is 0.892. The monoisotopic (exact) mass is 347 g/mol. The number of ether oxygens (including phenoxy) is 1. The van der Waals surface area contributed by atoms with Crippen LogP contribution in [-0.2, 0) is 4.74 Å². The predicted octanol–water partition coefficient (Wildman–Crippen LogP) is 2.73. The Hall–Kier alpha value is -0.390. The summed E-state index contributed by atoms with van der Waals surface area (Å²) in [6, 6.07) is 5.68. The third-order valence-corrected chi connectivity index (χ3v) is 3.62. The van der Waals surface area contributed by atoms with Crippen molar-refractivity contribution in [2.45, 2.75) is 12.5 Å². The molecule has 0 aliphatic carbocycles. The molecule has 86 valence electrons. The Bertz CT molecular complexity index is 403. The van der Waals surface area contributed by atoms with E-state index >= 15 is 0 Å². The minimum absolute atomic E-state index is 0.0660. The number of hydrogen-bond donors (Lipinski definition) is 1. The summed E-state index contributed by atoms with van der Waals surface area (Å²) in [5.41, 5.74) is 0.640. The summed E-state index contributed by atoms with van der Waals surface area (Å²) in [5.74, 6) is -0.0660. The Balaban J connectivity index is 2.10. The van der Waals surface area contributed by atoms with Crippen molar-refractivity contribution >= 4 is 37.8 Å². The molecule has 1 unspecified atom stereocenters. The number of halogens is 2. The number of carbonyl (C=O) groups is 1. The Morgan fingerprint density at radius 3 is 2.94 bits per heavy atom. The normalized spacial score (nSPS) is 19.8. The lowest BCUT2D eigenvalue weighted by atomic mass is 10.2. The zero-order valence-corrected chi connectivity index (χ0v) is 11.7. The van der Waals surface area contributed by atoms with Crippen molar-refractivity contribution in [2.24, 2.45) is 0 Å². The zero-order valence-electron chi connectivity index (χ0n) is 8.50. The van der Waals surface area contributed by atoms with E-state index in [1.165, 1.54) is 0 Å². The number of amides is 1. The Labute approximate surface area is 111 Å². The summed E-state index contributed by atoms with van der Waals surface area (Å²) in [6.45, 7) is 1.34. The molecule has 1 aromatic rings. The highest BCUT2D eigenvalue weighted by atomic mass is 79.9. The molecule has 1 aliphatic heterocycles. The van der Waals surface area contributed by atoms with E-state index in [9.17, 15) is 4.79 Å². The molecule has 1 aromatic carbocycles. The van der Waals surface area contributed by atoms with Crippen LogP contribution in [0.5, 0.6) is 0 Å². The maximum absolute atomic E-state index is 12.0. The van der Waals surface area contributed by atoms with Gasteiger partial charge in [-0.25, -0.2) is 0 Å². The fourth-order valence-electron chi connectivity index (χ4n) is 1.58. The molecule has 1 fully saturated rings. The van der Waals surface area contributed by atoms with E-state index in [4.69, 9.17) is 4.74 Å². The van der Waals surface area contributed by atoms with Gasteiger partial charge in [0.05, 0.1) is 18.2 Å². The minimum Gasteiger partial charge on any atom is -0.379 e. The predicted molar refractivity (Wildman–Crippen MR) is 68.5 cm³/mol. The van der Waals surface area contributed by atoms with E-state index in [0.717, 1.165) is 22.0 Å². The molecule has 1 aliphatic rings. The fourth-order valence-corrected chi connectivity index (χ4v) is 2.37. The van der Waals surface area contributed by atoms with Crippen molar-refractivity contribution in [3.8, 4) is 0 Å². The Kier molecular flexibility index (Phi) is 4.00. The first-order valence-corrected chi connectivity index (χ1v) is 6.59. The number of carbonyl (C=O) groups excluding carboxylic acids is 1. The average molecular weight is 349 g/mol. The van der Waals surface area contributed by atoms with Crippen molar-refractivity contribution in [1.82, 2.24) is 5.32 Å². The van der Waals surface area contributed by atoms with Crippen LogP contribution in [0.25, 0.3) is 0 Å². The third kappa shape index (κ3) is 2.84. The molecule has 1 atom stereocenters. The lowest BCUT2D eigenvalue weighted by molar-refractivity contribution is 0.0929. The van der Waals surface area contributed by atoms with Crippen LogP contribution in [0.2, 0.25) is 0 Å². The first-order chi connectivity index (χ1) is 7.66. The van der Waals surface area contributed by atoms with Gasteiger partial charge in [0.1, 0.15) is 0 Å². The lowest BCUT2D eigenvalue weighted by Gasteiger charge is -2.11. The maximum Gasteiger partial charge on any atom is 0.252 e. The molecular weight excluding hydrogens is 338 g/mol. The largest absolute Gasteiger partial charge is 0.379 e. The number of benzene rings is 1. The molecule has 1 amide bonds. The summed E-state index contributed by atoms with van der Waals surface area (Å²) in [4.78, 5) is 12.0. The van der Waals surface area contributed by atoms with Crippen molar-refractivity contribution in [2.75, 3.05) is 13.2 Å². The standard InChI is InChI=1S/C11H11Br2NO2/c12-7-1-2-10(13)9(5-7)11(15)14-8-3-4-16-6-8/h1-2,5,8H,3-4,6H2,(H,14,15). The van der Waals surface area contributed by atoms with Gasteiger partial charge in [-0.05, 0) is 40.5 Å². The number of nitrogens with one attached hydrogen (secondary N) is 1. The number of rotatable bonds is 2. The summed E-state index contributed by atoms with van der Waals surface area (Å²) in [5, 5.41) is 2.95. The molecule has 0 spiro atoms. The van der Waals surface area contributed by atoms with Crippen LogP contribution in [0.3, 0.4) is 0 Å². The second kappa shape index (κ2) is 5.29. The highest BCUT2D eigenvalue weighted by molar-refractivity contribution is 9.11. The summed E-state index contributed by atoms with van der Waals surface area (Å²) >= 11 is 6.72. The second-order valence-electron chi connectivity index (χ2n) is 3.66. The van der Waals surface area contributed by atoms with Gasteiger partial charge < -0.3 is 10.1 Å². The van der Waals surface area contributed by atoms with Crippen molar-refractivity contribution < 1.29 is 9.53 Å². The van der Waals surface area contributed by atoms with Crippen molar-refractivity contribution in [3.05, 3.63) is 32.7 Å². The van der Waals surface area contributed by atoms with E-state index < -0.39 is 0 Å². The number of hydrogen-bond acceptors (Lipinski definition) is 2. The topological polar surface area (TPSA) is 38.3 Å². The van der Waals surface area contributed by atoms with Gasteiger partial charge in [-0.3, -0.25) is 4.79 Å². The molecular formula is C11H11Br2NO2. The zero-order chi connectivity index (χ0) is 11.5. The van der Waals surface area contributed by atoms with E-state index in [2.05, 4.69) is 37.2 Å². The van der Waals surface area contributed by atoms with Crippen LogP contribution in [0.4, 0.5) is 0 Å². The molecule has 16 heavy (non-hydrogen) atoms. The smallest absolute Gasteiger partial charge is 0.252 e. The summed E-state index contributed by atoms with van der Waals surface area (Å²) in [7, 11) is 0. The first kappa shape index (κ1) is 12.1. The SMILES string of the molecule is O=C(NC1CCOC1)c1cc(Br)ccc1Br. The van der Waals surface area contributed by atoms with Gasteiger partial charge in [-0.15, -0.1) is 0 Å². The van der Waals surface area contributed by atoms with Crippen LogP contribution >= 0.6 is 31.9 Å². The third-order valence-electron chi connectivity index (χ3n) is 2.44. The van der Waals surface area contributed by atoms with Crippen LogP contribution in [0, 0.1) is 0 Å². The molecule has 1 heterocycles. The Morgan fingerprint density at radius 1 is 1.44 bits per heavy atom. The van der Waals surface area contributed by atoms with Crippen molar-refractivity contribution in [1.29, 1.82) is 0 Å². The Morgan fingerprint density at radius 2 is 2.25 bits per heavy atom. The minimum atomic E-state index is -0.0660. The molecule has 0 radical (unpaired) electrons. The van der Waals surface area contributed by atoms with Crippen molar-refractivity contribution in [3.63, 3.8) is 0 Å². The summed E-state index contributed by atoms with van der Waals surface area (Å²) < 4.78 is 6.90. The van der Waals surface area contributed by atoms with Gasteiger partial charge in [0.15, 0.2) is 0 Å². The lowest BCUT2D eigenvalue weighted by Crippen LogP contribution is -2.35. The van der Waals surface area contributed by atoms with E-state index in [1.807, 2.05) is 12.1 Å². The molecule has 0 aromatic heterocycles. The van der Waals surface area contributed by atoms with Gasteiger partial charge in [0, 0.05) is 15.6 Å². The van der Waals surface area contributed by atoms with Crippen LogP contribution in [0.1, 0.15) is 16.8 Å². The average Bonchev–Trinajstić information content (AvgIpc) is 2.74. The van der Waals surface area contributed by atoms with Gasteiger partial charge in [-0.1, -0.05) is 15.9 Å². The molecule has 2 rings (SSSR count). The van der Waals surface area contributed by atoms with Gasteiger partial charge in [-0.2, -0.15) is 0 Å². The highest BCUT2D eigenvalue weighted by Crippen LogP contribution is 2.21. The van der Waals surface area contributed by atoms with Gasteiger partial charge >= 0.3 is 0 Å². The van der Waals surface area contributed by atoms with E-state index in [-0.39, 0.29) is 11.9 Å². The van der Waals surface area contributed by atoms with Gasteiger partial charge in [0.2, 0.25) is 0 Å². The second-order valence-corrected chi connectivity index (χ2v) is 5.43. The summed E-state index contributed by atoms with van der Waals surface area (Å²) in [6.07, 6.45) is 0.886. The van der Waals surface area contributed by atoms with E-state index in [0.29, 0.717) is 12.2 Å². The highest BCUT2D eigenvalue weighted by Gasteiger charge is 2.19.